The fraction of sp³-hybridized carbons (Fsp3) is 0.797. The minimum absolute atomic E-state index is 0.0817. The van der Waals surface area contributed by atoms with Crippen LogP contribution in [0.15, 0.2) is 72.9 Å². The Morgan fingerprint density at radius 3 is 0.775 bits per heavy atom. The third-order valence-corrected chi connectivity index (χ3v) is 15.4. The number of hydrogen-bond acceptors (Lipinski definition) is 6. The lowest BCUT2D eigenvalue weighted by atomic mass is 10.0. The van der Waals surface area contributed by atoms with Gasteiger partial charge in [-0.25, -0.2) is 0 Å². The second-order valence-electron chi connectivity index (χ2n) is 23.4. The molecule has 464 valence electrons. The summed E-state index contributed by atoms with van der Waals surface area (Å²) in [6.07, 6.45) is 89.4. The fourth-order valence-corrected chi connectivity index (χ4v) is 10.2. The summed E-state index contributed by atoms with van der Waals surface area (Å²) in [5.41, 5.74) is 0. The van der Waals surface area contributed by atoms with Gasteiger partial charge in [0.25, 0.3) is 0 Å². The lowest BCUT2D eigenvalue weighted by Crippen LogP contribution is -2.30. The highest BCUT2D eigenvalue weighted by Gasteiger charge is 2.19. The van der Waals surface area contributed by atoms with Crippen molar-refractivity contribution in [3.8, 4) is 0 Å². The van der Waals surface area contributed by atoms with E-state index in [0.717, 1.165) is 109 Å². The maximum atomic E-state index is 12.9. The van der Waals surface area contributed by atoms with Gasteiger partial charge in [0.1, 0.15) is 13.2 Å². The molecule has 0 aromatic rings. The van der Waals surface area contributed by atoms with E-state index in [4.69, 9.17) is 14.2 Å². The van der Waals surface area contributed by atoms with Crippen molar-refractivity contribution >= 4 is 17.9 Å². The minimum atomic E-state index is -0.787. The molecule has 0 aromatic heterocycles. The van der Waals surface area contributed by atoms with Gasteiger partial charge >= 0.3 is 17.9 Å². The van der Waals surface area contributed by atoms with Crippen LogP contribution in [-0.2, 0) is 28.6 Å². The molecule has 0 N–H and O–H groups in total. The maximum Gasteiger partial charge on any atom is 0.306 e. The zero-order chi connectivity index (χ0) is 57.8. The van der Waals surface area contributed by atoms with Crippen LogP contribution < -0.4 is 0 Å². The Labute approximate surface area is 497 Å². The van der Waals surface area contributed by atoms with Crippen molar-refractivity contribution in [2.24, 2.45) is 0 Å². The number of esters is 3. The van der Waals surface area contributed by atoms with E-state index in [2.05, 4.69) is 93.7 Å². The number of allylic oxidation sites excluding steroid dienone is 12. The van der Waals surface area contributed by atoms with Gasteiger partial charge in [-0.05, 0) is 109 Å². The number of rotatable bonds is 64. The molecule has 0 aliphatic carbocycles. The molecule has 0 aliphatic rings. The van der Waals surface area contributed by atoms with Gasteiger partial charge in [-0.2, -0.15) is 0 Å². The summed E-state index contributed by atoms with van der Waals surface area (Å²) >= 11 is 0. The average Bonchev–Trinajstić information content (AvgIpc) is 3.46. The molecule has 6 heteroatoms. The summed E-state index contributed by atoms with van der Waals surface area (Å²) in [4.78, 5) is 38.3. The molecule has 0 heterocycles. The van der Waals surface area contributed by atoms with E-state index in [-0.39, 0.29) is 31.1 Å². The van der Waals surface area contributed by atoms with Crippen LogP contribution in [0.1, 0.15) is 361 Å². The van der Waals surface area contributed by atoms with Gasteiger partial charge in [0, 0.05) is 19.3 Å². The van der Waals surface area contributed by atoms with Gasteiger partial charge in [0.2, 0.25) is 0 Å². The molecule has 0 aliphatic heterocycles. The summed E-state index contributed by atoms with van der Waals surface area (Å²) in [5, 5.41) is 0. The van der Waals surface area contributed by atoms with Gasteiger partial charge < -0.3 is 14.2 Å². The molecule has 1 atom stereocenters. The molecule has 0 saturated carbocycles. The van der Waals surface area contributed by atoms with Crippen LogP contribution in [0.4, 0.5) is 0 Å². The summed E-state index contributed by atoms with van der Waals surface area (Å²) in [6, 6.07) is 0. The van der Waals surface area contributed by atoms with Gasteiger partial charge in [-0.15, -0.1) is 0 Å². The van der Waals surface area contributed by atoms with E-state index in [1.54, 1.807) is 0 Å². The normalized spacial score (nSPS) is 12.5. The van der Waals surface area contributed by atoms with E-state index in [1.807, 2.05) is 0 Å². The molecule has 0 bridgehead atoms. The maximum absolute atomic E-state index is 12.9. The first-order valence-corrected chi connectivity index (χ1v) is 34.9. The second-order valence-corrected chi connectivity index (χ2v) is 23.4. The van der Waals surface area contributed by atoms with Crippen molar-refractivity contribution in [2.75, 3.05) is 13.2 Å². The summed E-state index contributed by atoms with van der Waals surface area (Å²) < 4.78 is 16.9. The second kappa shape index (κ2) is 68.3. The van der Waals surface area contributed by atoms with Crippen LogP contribution in [0.5, 0.6) is 0 Å². The molecule has 80 heavy (non-hydrogen) atoms. The van der Waals surface area contributed by atoms with Crippen molar-refractivity contribution in [3.05, 3.63) is 72.9 Å². The van der Waals surface area contributed by atoms with Crippen molar-refractivity contribution in [2.45, 2.75) is 367 Å². The number of carbonyl (C=O) groups excluding carboxylic acids is 3. The molecule has 0 radical (unpaired) electrons. The van der Waals surface area contributed by atoms with Gasteiger partial charge in [-0.1, -0.05) is 306 Å². The first kappa shape index (κ1) is 76.9. The van der Waals surface area contributed by atoms with E-state index in [9.17, 15) is 14.4 Å². The Balaban J connectivity index is 4.13. The fourth-order valence-electron chi connectivity index (χ4n) is 10.2. The smallest absolute Gasteiger partial charge is 0.306 e. The van der Waals surface area contributed by atoms with Crippen LogP contribution in [-0.4, -0.2) is 37.2 Å². The first-order valence-electron chi connectivity index (χ1n) is 34.9. The highest BCUT2D eigenvalue weighted by atomic mass is 16.6. The first-order chi connectivity index (χ1) is 39.5. The third-order valence-electron chi connectivity index (χ3n) is 15.4. The average molecular weight is 1120 g/mol. The molecular weight excluding hydrogens is 985 g/mol. The number of hydrogen-bond donors (Lipinski definition) is 0. The van der Waals surface area contributed by atoms with Gasteiger partial charge in [-0.3, -0.25) is 14.4 Å². The zero-order valence-electron chi connectivity index (χ0n) is 53.3. The van der Waals surface area contributed by atoms with Crippen LogP contribution in [0, 0.1) is 0 Å². The van der Waals surface area contributed by atoms with Gasteiger partial charge in [0.05, 0.1) is 0 Å². The molecule has 0 aromatic carbocycles. The molecule has 0 rings (SSSR count). The number of carbonyl (C=O) groups is 3. The SMILES string of the molecule is CC/C=C\C/C=C\C/C=C\CCCCCCCC(=O)OC(COC(=O)CCCCCCC/C=C\CCCCCCC)COC(=O)CCCCCCCCCCCCCCCCCCCCCCC/C=C\C/C=C\CCCCCCC. The molecule has 0 amide bonds. The Morgan fingerprint density at radius 2 is 0.487 bits per heavy atom. The Hall–Kier alpha value is -3.15. The summed E-state index contributed by atoms with van der Waals surface area (Å²) in [5.74, 6) is -0.890. The molecule has 6 nitrogen and oxygen atoms in total. The zero-order valence-corrected chi connectivity index (χ0v) is 53.3. The number of unbranched alkanes of at least 4 members (excludes halogenated alkanes) is 41. The van der Waals surface area contributed by atoms with E-state index >= 15 is 0 Å². The highest BCUT2D eigenvalue weighted by molar-refractivity contribution is 5.71. The number of ether oxygens (including phenoxy) is 3. The van der Waals surface area contributed by atoms with E-state index in [0.29, 0.717) is 19.3 Å². The minimum Gasteiger partial charge on any atom is -0.462 e. The Kier molecular flexibility index (Phi) is 65.7. The van der Waals surface area contributed by atoms with E-state index < -0.39 is 6.10 Å². The largest absolute Gasteiger partial charge is 0.462 e. The monoisotopic (exact) mass is 1120 g/mol. The lowest BCUT2D eigenvalue weighted by Gasteiger charge is -2.18. The van der Waals surface area contributed by atoms with Crippen molar-refractivity contribution in [1.29, 1.82) is 0 Å². The highest BCUT2D eigenvalue weighted by Crippen LogP contribution is 2.18. The molecule has 0 spiro atoms. The van der Waals surface area contributed by atoms with Crippen LogP contribution >= 0.6 is 0 Å². The van der Waals surface area contributed by atoms with Crippen molar-refractivity contribution in [3.63, 3.8) is 0 Å². The van der Waals surface area contributed by atoms with E-state index in [1.165, 1.54) is 212 Å². The molecule has 0 fully saturated rings. The van der Waals surface area contributed by atoms with Crippen LogP contribution in [0.3, 0.4) is 0 Å². The molecule has 1 unspecified atom stereocenters. The van der Waals surface area contributed by atoms with Crippen molar-refractivity contribution < 1.29 is 28.6 Å². The van der Waals surface area contributed by atoms with Crippen LogP contribution in [0.25, 0.3) is 0 Å². The van der Waals surface area contributed by atoms with Gasteiger partial charge in [0.15, 0.2) is 6.10 Å². The topological polar surface area (TPSA) is 78.9 Å². The Bertz CT molecular complexity index is 1470. The summed E-state index contributed by atoms with van der Waals surface area (Å²) in [6.45, 7) is 6.53. The quantitative estimate of drug-likeness (QED) is 0.0261. The lowest BCUT2D eigenvalue weighted by molar-refractivity contribution is -0.167. The predicted molar refractivity (Wildman–Crippen MR) is 348 cm³/mol. The Morgan fingerprint density at radius 1 is 0.263 bits per heavy atom. The summed E-state index contributed by atoms with van der Waals surface area (Å²) in [7, 11) is 0. The van der Waals surface area contributed by atoms with Crippen molar-refractivity contribution in [1.82, 2.24) is 0 Å². The van der Waals surface area contributed by atoms with Crippen LogP contribution in [0.2, 0.25) is 0 Å². The predicted octanol–water partition coefficient (Wildman–Crippen LogP) is 24.1. The molecular formula is C74H132O6. The third kappa shape index (κ3) is 65.7. The molecule has 0 saturated heterocycles. The standard InChI is InChI=1S/C74H132O6/c1-4-7-10-13-16-19-22-25-28-29-30-31-32-33-34-35-36-37-38-39-40-41-42-43-44-45-47-49-52-55-58-61-64-67-73(76)79-70-71(69-78-72(75)66-63-60-57-54-51-48-27-24-21-18-15-12-9-6-3)80-74(77)68-65-62-59-56-53-50-46-26-23-20-17-14-11-8-5-2/h8,11,17,20,22,24-27,29-30,46,71H,4-7,9-10,12-16,18-19,21,23,28,31-45,47-70H2,1-3H3/b11-8-,20-17-,25-22-,27-24-,30-29-,46-26-.